The molecule has 2 aliphatic carbocycles. The lowest BCUT2D eigenvalue weighted by atomic mass is 9.88. The first-order valence-corrected chi connectivity index (χ1v) is 16.6. The van der Waals surface area contributed by atoms with Crippen LogP contribution < -0.4 is 20.1 Å². The van der Waals surface area contributed by atoms with Crippen molar-refractivity contribution in [1.82, 2.24) is 10.2 Å². The number of hydrogen-bond acceptors (Lipinski definition) is 6. The Hall–Kier alpha value is -3.85. The van der Waals surface area contributed by atoms with Crippen LogP contribution in [0.2, 0.25) is 5.02 Å². The molecule has 3 aromatic carbocycles. The van der Waals surface area contributed by atoms with Crippen molar-refractivity contribution in [2.24, 2.45) is 5.92 Å². The van der Waals surface area contributed by atoms with Gasteiger partial charge in [-0.25, -0.2) is 0 Å². The number of aryl methyl sites for hydroxylation is 2. The molecule has 0 saturated heterocycles. The Kier molecular flexibility index (Phi) is 9.97. The van der Waals surface area contributed by atoms with Crippen LogP contribution in [0.5, 0.6) is 11.5 Å². The number of aliphatic hydroxyl groups excluding tert-OH is 1. The number of anilines is 1. The summed E-state index contributed by atoms with van der Waals surface area (Å²) in [5.74, 6) is 1.63. The molecule has 2 fully saturated rings. The number of carbonyl (C=O) groups excluding carboxylic acids is 2. The highest BCUT2D eigenvalue weighted by Crippen LogP contribution is 2.36. The molecule has 0 unspecified atom stereocenters. The molecular weight excluding hydrogens is 602 g/mol. The molecule has 8 nitrogen and oxygen atoms in total. The number of nitrogens with zero attached hydrogens (tertiary/aromatic N) is 1. The molecule has 0 radical (unpaired) electrons. The minimum absolute atomic E-state index is 0.0272. The van der Waals surface area contributed by atoms with Crippen molar-refractivity contribution in [3.8, 4) is 11.5 Å². The number of ether oxygens (including phenoxy) is 2. The largest absolute Gasteiger partial charge is 0.490 e. The fraction of sp³-hybridized carbons (Fsp3) is 0.405. The topological polar surface area (TPSA) is 100 Å². The smallest absolute Gasteiger partial charge is 0.252 e. The fourth-order valence-electron chi connectivity index (χ4n) is 6.09. The summed E-state index contributed by atoms with van der Waals surface area (Å²) in [6.45, 7) is 5.69. The van der Waals surface area contributed by atoms with Crippen molar-refractivity contribution < 1.29 is 24.2 Å². The molecule has 0 spiro atoms. The maximum Gasteiger partial charge on any atom is 0.252 e. The average molecular weight is 644 g/mol. The van der Waals surface area contributed by atoms with Gasteiger partial charge in [-0.3, -0.25) is 9.59 Å². The first-order chi connectivity index (χ1) is 22.3. The average Bonchev–Trinajstić information content (AvgIpc) is 3.98. The Labute approximate surface area is 275 Å². The highest BCUT2D eigenvalue weighted by atomic mass is 35.5. The van der Waals surface area contributed by atoms with E-state index in [2.05, 4.69) is 10.6 Å². The Bertz CT molecular complexity index is 1590. The van der Waals surface area contributed by atoms with E-state index in [1.807, 2.05) is 67.3 Å². The Morgan fingerprint density at radius 3 is 2.37 bits per heavy atom. The molecular formula is C37H42ClN3O5. The van der Waals surface area contributed by atoms with Crippen LogP contribution in [-0.2, 0) is 16.1 Å². The van der Waals surface area contributed by atoms with Crippen molar-refractivity contribution in [3.63, 3.8) is 0 Å². The summed E-state index contributed by atoms with van der Waals surface area (Å²) in [6.07, 6.45) is 4.34. The van der Waals surface area contributed by atoms with Crippen molar-refractivity contribution in [2.45, 2.75) is 64.6 Å². The first-order valence-electron chi connectivity index (χ1n) is 16.2. The summed E-state index contributed by atoms with van der Waals surface area (Å²) in [4.78, 5) is 28.6. The van der Waals surface area contributed by atoms with Crippen LogP contribution in [-0.4, -0.2) is 60.3 Å². The Balaban J connectivity index is 1.18. The van der Waals surface area contributed by atoms with Crippen LogP contribution in [0.15, 0.2) is 66.2 Å². The fourth-order valence-corrected chi connectivity index (χ4v) is 6.27. The van der Waals surface area contributed by atoms with E-state index >= 15 is 0 Å². The molecule has 6 rings (SSSR count). The summed E-state index contributed by atoms with van der Waals surface area (Å²) in [5, 5.41) is 17.2. The lowest BCUT2D eigenvalue weighted by Crippen LogP contribution is -2.46. The maximum atomic E-state index is 14.4. The molecule has 242 valence electrons. The molecule has 3 N–H and O–H groups in total. The minimum atomic E-state index is -0.477. The van der Waals surface area contributed by atoms with Gasteiger partial charge in [0.05, 0.1) is 12.6 Å². The monoisotopic (exact) mass is 643 g/mol. The molecule has 46 heavy (non-hydrogen) atoms. The maximum absolute atomic E-state index is 14.4. The highest BCUT2D eigenvalue weighted by Gasteiger charge is 2.38. The van der Waals surface area contributed by atoms with Gasteiger partial charge in [-0.15, -0.1) is 0 Å². The van der Waals surface area contributed by atoms with Crippen LogP contribution in [0.3, 0.4) is 0 Å². The molecule has 9 heteroatoms. The molecule has 2 amide bonds. The normalized spacial score (nSPS) is 17.9. The van der Waals surface area contributed by atoms with E-state index in [1.165, 1.54) is 0 Å². The second-order valence-electron chi connectivity index (χ2n) is 12.5. The summed E-state index contributed by atoms with van der Waals surface area (Å²) in [5.41, 5.74) is 6.11. The number of para-hydroxylation sites is 1. The predicted molar refractivity (Wildman–Crippen MR) is 180 cm³/mol. The van der Waals surface area contributed by atoms with Gasteiger partial charge in [0, 0.05) is 34.8 Å². The predicted octanol–water partition coefficient (Wildman–Crippen LogP) is 6.06. The number of nitrogens with one attached hydrogen (secondary N) is 2. The molecule has 1 aliphatic heterocycles. The molecule has 0 bridgehead atoms. The van der Waals surface area contributed by atoms with E-state index in [1.54, 1.807) is 12.1 Å². The number of aliphatic hydroxyl groups is 1. The third kappa shape index (κ3) is 7.57. The van der Waals surface area contributed by atoms with Crippen LogP contribution in [0.25, 0.3) is 5.57 Å². The van der Waals surface area contributed by atoms with E-state index in [-0.39, 0.29) is 30.4 Å². The molecule has 1 atom stereocenters. The molecule has 2 saturated carbocycles. The van der Waals surface area contributed by atoms with Gasteiger partial charge in [0.15, 0.2) is 0 Å². The number of carbonyl (C=O) groups is 2. The van der Waals surface area contributed by atoms with E-state index in [4.69, 9.17) is 21.1 Å². The van der Waals surface area contributed by atoms with Gasteiger partial charge in [-0.2, -0.15) is 0 Å². The summed E-state index contributed by atoms with van der Waals surface area (Å²) in [7, 11) is 0. The zero-order valence-electron chi connectivity index (χ0n) is 26.5. The Morgan fingerprint density at radius 1 is 0.978 bits per heavy atom. The third-order valence-corrected chi connectivity index (χ3v) is 9.28. The summed E-state index contributed by atoms with van der Waals surface area (Å²) >= 11 is 6.62. The first kappa shape index (κ1) is 32.1. The lowest BCUT2D eigenvalue weighted by molar-refractivity contribution is -0.128. The molecule has 1 heterocycles. The zero-order valence-corrected chi connectivity index (χ0v) is 27.2. The summed E-state index contributed by atoms with van der Waals surface area (Å²) < 4.78 is 11.9. The number of hydrogen-bond donors (Lipinski definition) is 3. The number of amides is 2. The quantitative estimate of drug-likeness (QED) is 0.196. The second-order valence-corrected chi connectivity index (χ2v) is 12.9. The van der Waals surface area contributed by atoms with Gasteiger partial charge in [0.25, 0.3) is 5.91 Å². The summed E-state index contributed by atoms with van der Waals surface area (Å²) in [6, 6.07) is 18.9. The number of rotatable bonds is 13. The van der Waals surface area contributed by atoms with Gasteiger partial charge in [-0.1, -0.05) is 41.9 Å². The van der Waals surface area contributed by atoms with Crippen molar-refractivity contribution in [1.29, 1.82) is 0 Å². The van der Waals surface area contributed by atoms with Crippen LogP contribution in [0, 0.1) is 19.8 Å². The van der Waals surface area contributed by atoms with Gasteiger partial charge in [0.1, 0.15) is 24.7 Å². The van der Waals surface area contributed by atoms with E-state index in [0.717, 1.165) is 65.0 Å². The van der Waals surface area contributed by atoms with Crippen molar-refractivity contribution in [2.75, 3.05) is 31.7 Å². The minimum Gasteiger partial charge on any atom is -0.490 e. The highest BCUT2D eigenvalue weighted by molar-refractivity contribution is 6.31. The SMILES string of the molecule is Cc1cccc(C)c1OCCOc1ccc(C2=C(C(=O)N(Cc3cc(NC(=O)C4CC4)ccc3Cl)C3CC3)[C@@H](CO)NCC2)cc1. The van der Waals surface area contributed by atoms with Crippen LogP contribution >= 0.6 is 11.6 Å². The Morgan fingerprint density at radius 2 is 1.70 bits per heavy atom. The van der Waals surface area contributed by atoms with Gasteiger partial charge < -0.3 is 30.1 Å². The lowest BCUT2D eigenvalue weighted by Gasteiger charge is -2.33. The zero-order chi connectivity index (χ0) is 32.2. The van der Waals surface area contributed by atoms with Crippen molar-refractivity contribution in [3.05, 3.63) is 93.5 Å². The van der Waals surface area contributed by atoms with Gasteiger partial charge in [-0.05, 0) is 111 Å². The standard InChI is InChI=1S/C37H42ClN3O5/c1-23-4-3-5-24(2)35(23)46-19-18-45-30-13-8-25(9-14-30)31-16-17-39-33(22-42)34(31)37(44)41(29-11-12-29)21-27-20-28(10-15-32(27)38)40-36(43)26-6-7-26/h3-5,8-10,13-15,20,26,29,33,39,42H,6-7,11-12,16-19,21-22H2,1-2H3,(H,40,43)/t33-/m1/s1. The number of benzene rings is 3. The van der Waals surface area contributed by atoms with Crippen molar-refractivity contribution >= 4 is 34.7 Å². The van der Waals surface area contributed by atoms with Crippen LogP contribution in [0.4, 0.5) is 5.69 Å². The molecule has 3 aromatic rings. The van der Waals surface area contributed by atoms with Gasteiger partial charge in [0.2, 0.25) is 5.91 Å². The van der Waals surface area contributed by atoms with E-state index < -0.39 is 6.04 Å². The molecule has 0 aromatic heterocycles. The number of halogens is 1. The van der Waals surface area contributed by atoms with E-state index in [0.29, 0.717) is 49.0 Å². The van der Waals surface area contributed by atoms with E-state index in [9.17, 15) is 14.7 Å². The second kappa shape index (κ2) is 14.3. The van der Waals surface area contributed by atoms with Crippen LogP contribution in [0.1, 0.15) is 54.4 Å². The van der Waals surface area contributed by atoms with Gasteiger partial charge >= 0.3 is 0 Å². The third-order valence-electron chi connectivity index (χ3n) is 8.91. The molecule has 3 aliphatic rings.